The third-order valence-corrected chi connectivity index (χ3v) is 6.29. The number of benzene rings is 1. The van der Waals surface area contributed by atoms with Crippen LogP contribution in [0.5, 0.6) is 5.75 Å². The number of unbranched alkanes of at least 4 members (excludes halogenated alkanes) is 15. The zero-order valence-electron chi connectivity index (χ0n) is 21.7. The molecule has 0 heterocycles. The summed E-state index contributed by atoms with van der Waals surface area (Å²) in [4.78, 5) is 0. The highest BCUT2D eigenvalue weighted by atomic mass is 16.5. The highest BCUT2D eigenvalue weighted by molar-refractivity contribution is 5.26. The standard InChI is InChI=1S/C29H52O4/c1-3-4-5-6-7-8-9-10-11-12-13-14-15-16-17-18-23-32-26-29(24-30)33-25-27-19-21-28(31-2)22-20-27/h19-22,29-30H,3-18,23-26H2,1-2H3/t29-/m0/s1. The molecule has 0 aromatic heterocycles. The van der Waals surface area contributed by atoms with Crippen LogP contribution < -0.4 is 4.74 Å². The van der Waals surface area contributed by atoms with Crippen molar-refractivity contribution in [1.82, 2.24) is 0 Å². The van der Waals surface area contributed by atoms with Gasteiger partial charge in [-0.05, 0) is 24.1 Å². The van der Waals surface area contributed by atoms with Gasteiger partial charge in [0.2, 0.25) is 0 Å². The summed E-state index contributed by atoms with van der Waals surface area (Å²) in [6.45, 7) is 3.94. The number of rotatable bonds is 24. The van der Waals surface area contributed by atoms with E-state index in [1.54, 1.807) is 7.11 Å². The summed E-state index contributed by atoms with van der Waals surface area (Å²) in [5.74, 6) is 0.833. The number of hydrogen-bond donors (Lipinski definition) is 1. The minimum absolute atomic E-state index is 0.0187. The van der Waals surface area contributed by atoms with Gasteiger partial charge in [-0.3, -0.25) is 0 Å². The average molecular weight is 465 g/mol. The molecule has 0 bridgehead atoms. The molecule has 0 aliphatic heterocycles. The van der Waals surface area contributed by atoms with Crippen LogP contribution in [-0.2, 0) is 16.1 Å². The van der Waals surface area contributed by atoms with Crippen molar-refractivity contribution in [3.05, 3.63) is 29.8 Å². The van der Waals surface area contributed by atoms with E-state index in [2.05, 4.69) is 6.92 Å². The van der Waals surface area contributed by atoms with Crippen LogP contribution in [0.2, 0.25) is 0 Å². The fourth-order valence-corrected chi connectivity index (χ4v) is 4.06. The van der Waals surface area contributed by atoms with E-state index < -0.39 is 0 Å². The first-order chi connectivity index (χ1) is 16.3. The zero-order valence-corrected chi connectivity index (χ0v) is 21.7. The summed E-state index contributed by atoms with van der Waals surface area (Å²) < 4.78 is 16.7. The van der Waals surface area contributed by atoms with Crippen LogP contribution in [0.15, 0.2) is 24.3 Å². The molecule has 0 radical (unpaired) electrons. The van der Waals surface area contributed by atoms with Crippen molar-refractivity contribution in [2.75, 3.05) is 26.9 Å². The minimum Gasteiger partial charge on any atom is -0.497 e. The predicted octanol–water partition coefficient (Wildman–Crippen LogP) is 7.85. The van der Waals surface area contributed by atoms with E-state index in [1.807, 2.05) is 24.3 Å². The van der Waals surface area contributed by atoms with Crippen molar-refractivity contribution in [2.45, 2.75) is 122 Å². The van der Waals surface area contributed by atoms with Gasteiger partial charge in [0.05, 0.1) is 26.9 Å². The topological polar surface area (TPSA) is 47.9 Å². The maximum atomic E-state index is 9.50. The second kappa shape index (κ2) is 22.7. The lowest BCUT2D eigenvalue weighted by atomic mass is 10.0. The SMILES string of the molecule is CCCCCCCCCCCCCCCCCCOC[C@H](CO)OCc1ccc(OC)cc1. The molecule has 0 fully saturated rings. The molecule has 1 rings (SSSR count). The fraction of sp³-hybridized carbons (Fsp3) is 0.793. The molecular formula is C29H52O4. The van der Waals surface area contributed by atoms with Crippen LogP contribution in [0.3, 0.4) is 0 Å². The Labute approximate surface area is 204 Å². The molecule has 1 aromatic rings. The molecule has 0 aliphatic carbocycles. The van der Waals surface area contributed by atoms with Gasteiger partial charge in [-0.2, -0.15) is 0 Å². The van der Waals surface area contributed by atoms with E-state index in [4.69, 9.17) is 14.2 Å². The van der Waals surface area contributed by atoms with Crippen LogP contribution in [0, 0.1) is 0 Å². The van der Waals surface area contributed by atoms with Gasteiger partial charge in [0, 0.05) is 6.61 Å². The normalized spacial score (nSPS) is 12.2. The highest BCUT2D eigenvalue weighted by Gasteiger charge is 2.08. The summed E-state index contributed by atoms with van der Waals surface area (Å²) in [5, 5.41) is 9.50. The van der Waals surface area contributed by atoms with Gasteiger partial charge in [0.15, 0.2) is 0 Å². The lowest BCUT2D eigenvalue weighted by Gasteiger charge is -2.16. The van der Waals surface area contributed by atoms with E-state index in [0.29, 0.717) is 13.2 Å². The van der Waals surface area contributed by atoms with Gasteiger partial charge in [0.25, 0.3) is 0 Å². The van der Waals surface area contributed by atoms with E-state index in [9.17, 15) is 5.11 Å². The molecule has 4 nitrogen and oxygen atoms in total. The highest BCUT2D eigenvalue weighted by Crippen LogP contribution is 2.14. The van der Waals surface area contributed by atoms with E-state index >= 15 is 0 Å². The molecule has 1 N–H and O–H groups in total. The van der Waals surface area contributed by atoms with Crippen molar-refractivity contribution in [3.8, 4) is 5.75 Å². The van der Waals surface area contributed by atoms with Crippen LogP contribution >= 0.6 is 0 Å². The van der Waals surface area contributed by atoms with Crippen molar-refractivity contribution in [3.63, 3.8) is 0 Å². The van der Waals surface area contributed by atoms with Gasteiger partial charge < -0.3 is 19.3 Å². The zero-order chi connectivity index (χ0) is 23.8. The van der Waals surface area contributed by atoms with E-state index in [1.165, 1.54) is 96.3 Å². The summed E-state index contributed by atoms with van der Waals surface area (Å²) in [5.41, 5.74) is 1.06. The Hall–Kier alpha value is -1.10. The Morgan fingerprint density at radius 2 is 1.18 bits per heavy atom. The molecule has 0 spiro atoms. The molecule has 192 valence electrons. The molecular weight excluding hydrogens is 412 g/mol. The molecule has 0 saturated heterocycles. The second-order valence-corrected chi connectivity index (χ2v) is 9.34. The quantitative estimate of drug-likeness (QED) is 0.158. The summed E-state index contributed by atoms with van der Waals surface area (Å²) in [6, 6.07) is 7.79. The summed E-state index contributed by atoms with van der Waals surface area (Å²) in [7, 11) is 1.66. The molecule has 0 amide bonds. The van der Waals surface area contributed by atoms with Crippen molar-refractivity contribution in [1.29, 1.82) is 0 Å². The Balaban J connectivity index is 1.83. The molecule has 0 unspecified atom stereocenters. The fourth-order valence-electron chi connectivity index (χ4n) is 4.06. The second-order valence-electron chi connectivity index (χ2n) is 9.34. The van der Waals surface area contributed by atoms with E-state index in [-0.39, 0.29) is 12.7 Å². The largest absolute Gasteiger partial charge is 0.497 e. The average Bonchev–Trinajstić information content (AvgIpc) is 2.85. The van der Waals surface area contributed by atoms with Gasteiger partial charge in [0.1, 0.15) is 11.9 Å². The number of aliphatic hydroxyl groups is 1. The van der Waals surface area contributed by atoms with Crippen LogP contribution in [0.25, 0.3) is 0 Å². The molecule has 33 heavy (non-hydrogen) atoms. The number of methoxy groups -OCH3 is 1. The third kappa shape index (κ3) is 18.0. The minimum atomic E-state index is -0.270. The molecule has 0 saturated carbocycles. The number of ether oxygens (including phenoxy) is 3. The van der Waals surface area contributed by atoms with Gasteiger partial charge in [-0.25, -0.2) is 0 Å². The molecule has 1 aromatic carbocycles. The maximum Gasteiger partial charge on any atom is 0.118 e. The van der Waals surface area contributed by atoms with Gasteiger partial charge >= 0.3 is 0 Å². The number of aliphatic hydroxyl groups excluding tert-OH is 1. The van der Waals surface area contributed by atoms with Crippen molar-refractivity contribution >= 4 is 0 Å². The number of hydrogen-bond acceptors (Lipinski definition) is 4. The van der Waals surface area contributed by atoms with Crippen LogP contribution in [-0.4, -0.2) is 38.1 Å². The predicted molar refractivity (Wildman–Crippen MR) is 139 cm³/mol. The Bertz CT molecular complexity index is 517. The molecule has 4 heteroatoms. The first-order valence-electron chi connectivity index (χ1n) is 13.7. The van der Waals surface area contributed by atoms with Gasteiger partial charge in [-0.1, -0.05) is 115 Å². The van der Waals surface area contributed by atoms with Crippen LogP contribution in [0.4, 0.5) is 0 Å². The first kappa shape index (κ1) is 29.9. The summed E-state index contributed by atoms with van der Waals surface area (Å²) >= 11 is 0. The smallest absolute Gasteiger partial charge is 0.118 e. The Morgan fingerprint density at radius 3 is 1.64 bits per heavy atom. The maximum absolute atomic E-state index is 9.50. The van der Waals surface area contributed by atoms with Crippen LogP contribution in [0.1, 0.15) is 115 Å². The first-order valence-corrected chi connectivity index (χ1v) is 13.7. The summed E-state index contributed by atoms with van der Waals surface area (Å²) in [6.07, 6.45) is 21.7. The van der Waals surface area contributed by atoms with Gasteiger partial charge in [-0.15, -0.1) is 0 Å². The third-order valence-electron chi connectivity index (χ3n) is 6.29. The van der Waals surface area contributed by atoms with E-state index in [0.717, 1.165) is 24.3 Å². The molecule has 0 aliphatic rings. The lowest BCUT2D eigenvalue weighted by Crippen LogP contribution is -2.24. The monoisotopic (exact) mass is 464 g/mol. The molecule has 1 atom stereocenters. The van der Waals surface area contributed by atoms with Crippen molar-refractivity contribution < 1.29 is 19.3 Å². The lowest BCUT2D eigenvalue weighted by molar-refractivity contribution is -0.0502. The Kier molecular flexibility index (Phi) is 20.6. The van der Waals surface area contributed by atoms with Crippen molar-refractivity contribution in [2.24, 2.45) is 0 Å². The Morgan fingerprint density at radius 1 is 0.697 bits per heavy atom.